The van der Waals surface area contributed by atoms with E-state index < -0.39 is 65.9 Å². The zero-order valence-corrected chi connectivity index (χ0v) is 17.9. The van der Waals surface area contributed by atoms with Crippen molar-refractivity contribution in [3.05, 3.63) is 0 Å². The molecule has 1 saturated heterocycles. The van der Waals surface area contributed by atoms with Gasteiger partial charge in [0.15, 0.2) is 6.04 Å². The minimum absolute atomic E-state index is 0.352. The van der Waals surface area contributed by atoms with Gasteiger partial charge in [-0.2, -0.15) is 0 Å². The van der Waals surface area contributed by atoms with Crippen LogP contribution in [0.3, 0.4) is 0 Å². The quantitative estimate of drug-likeness (QED) is 0.323. The van der Waals surface area contributed by atoms with Gasteiger partial charge in [-0.3, -0.25) is 0 Å². The van der Waals surface area contributed by atoms with Gasteiger partial charge < -0.3 is 45.3 Å². The Hall–Kier alpha value is -2.15. The van der Waals surface area contributed by atoms with Crippen molar-refractivity contribution >= 4 is 18.2 Å². The smallest absolute Gasteiger partial charge is 0.408 e. The predicted molar refractivity (Wildman–Crippen MR) is 102 cm³/mol. The van der Waals surface area contributed by atoms with Gasteiger partial charge in [-0.25, -0.2) is 14.4 Å². The fraction of sp³-hybridized carbons (Fsp3) is 0.833. The van der Waals surface area contributed by atoms with Crippen LogP contribution in [-0.2, 0) is 19.0 Å². The van der Waals surface area contributed by atoms with Crippen LogP contribution >= 0.6 is 0 Å². The molecule has 0 bridgehead atoms. The third-order valence-electron chi connectivity index (χ3n) is 3.86. The third-order valence-corrected chi connectivity index (χ3v) is 3.86. The van der Waals surface area contributed by atoms with Gasteiger partial charge in [-0.1, -0.05) is 0 Å². The molecular weight excluding hydrogens is 404 g/mol. The highest BCUT2D eigenvalue weighted by Gasteiger charge is 2.49. The first kappa shape index (κ1) is 25.9. The molecule has 1 rings (SSSR count). The topological polar surface area (TPSA) is 184 Å². The second kappa shape index (κ2) is 9.77. The number of alkyl carbamates (subject to hydrolysis) is 2. The van der Waals surface area contributed by atoms with Gasteiger partial charge in [0.2, 0.25) is 0 Å². The standard InChI is InChI=1S/C18H32N2O10/c1-17(2,3)29-15(26)19-7-8-10(21)11(22)12(23)13(28-8)9(14(24)25)20-16(27)30-18(4,5)6/h8-13,21-23H,7H2,1-6H3,(H,19,26)(H,20,27)(H,24,25)/t8?,9-,10+,11+,12+,13+/m1/s1. The van der Waals surface area contributed by atoms with Crippen LogP contribution in [0.5, 0.6) is 0 Å². The van der Waals surface area contributed by atoms with Crippen molar-refractivity contribution in [2.45, 2.75) is 89.3 Å². The lowest BCUT2D eigenvalue weighted by Gasteiger charge is -2.42. The first-order chi connectivity index (χ1) is 13.5. The molecule has 6 N–H and O–H groups in total. The molecule has 1 aliphatic heterocycles. The maximum atomic E-state index is 12.0. The summed E-state index contributed by atoms with van der Waals surface area (Å²) < 4.78 is 15.5. The molecule has 0 spiro atoms. The number of amides is 2. The minimum atomic E-state index is -1.84. The minimum Gasteiger partial charge on any atom is -0.480 e. The maximum Gasteiger partial charge on any atom is 0.408 e. The van der Waals surface area contributed by atoms with E-state index in [1.165, 1.54) is 0 Å². The molecule has 6 atom stereocenters. The summed E-state index contributed by atoms with van der Waals surface area (Å²) in [5, 5.41) is 44.4. The molecule has 0 aliphatic carbocycles. The highest BCUT2D eigenvalue weighted by Crippen LogP contribution is 2.24. The molecular formula is C18H32N2O10. The molecule has 0 aromatic heterocycles. The van der Waals surface area contributed by atoms with E-state index in [-0.39, 0.29) is 6.54 Å². The second-order valence-corrected chi connectivity index (χ2v) is 8.96. The van der Waals surface area contributed by atoms with E-state index >= 15 is 0 Å². The van der Waals surface area contributed by atoms with Gasteiger partial charge in [0.1, 0.15) is 41.7 Å². The number of carboxylic acids is 1. The Morgan fingerprint density at radius 2 is 1.40 bits per heavy atom. The summed E-state index contributed by atoms with van der Waals surface area (Å²) in [7, 11) is 0. The zero-order valence-electron chi connectivity index (χ0n) is 17.9. The number of aliphatic hydroxyl groups excluding tert-OH is 3. The van der Waals surface area contributed by atoms with E-state index in [1.807, 2.05) is 0 Å². The third kappa shape index (κ3) is 7.94. The summed E-state index contributed by atoms with van der Waals surface area (Å²) in [6, 6.07) is -1.80. The molecule has 30 heavy (non-hydrogen) atoms. The molecule has 0 aromatic carbocycles. The van der Waals surface area contributed by atoms with Crippen molar-refractivity contribution in [3.63, 3.8) is 0 Å². The summed E-state index contributed by atoms with van der Waals surface area (Å²) in [4.78, 5) is 35.5. The van der Waals surface area contributed by atoms with Crippen LogP contribution in [-0.4, -0.2) is 92.9 Å². The number of carboxylic acid groups (broad SMARTS) is 1. The molecule has 0 radical (unpaired) electrons. The van der Waals surface area contributed by atoms with Crippen LogP contribution in [0.4, 0.5) is 9.59 Å². The van der Waals surface area contributed by atoms with Gasteiger partial charge >= 0.3 is 18.2 Å². The normalized spacial score (nSPS) is 28.2. The molecule has 1 fully saturated rings. The lowest BCUT2D eigenvalue weighted by atomic mass is 9.91. The highest BCUT2D eigenvalue weighted by atomic mass is 16.6. The Bertz CT molecular complexity index is 627. The molecule has 1 unspecified atom stereocenters. The van der Waals surface area contributed by atoms with Crippen LogP contribution < -0.4 is 10.6 Å². The van der Waals surface area contributed by atoms with Gasteiger partial charge in [0.05, 0.1) is 0 Å². The second-order valence-electron chi connectivity index (χ2n) is 8.96. The van der Waals surface area contributed by atoms with Gasteiger partial charge in [-0.05, 0) is 41.5 Å². The van der Waals surface area contributed by atoms with E-state index in [9.17, 15) is 34.8 Å². The molecule has 12 nitrogen and oxygen atoms in total. The summed E-state index contributed by atoms with van der Waals surface area (Å²) in [5.74, 6) is -1.56. The van der Waals surface area contributed by atoms with E-state index in [1.54, 1.807) is 41.5 Å². The molecule has 0 saturated carbocycles. The summed E-state index contributed by atoms with van der Waals surface area (Å²) in [5.41, 5.74) is -1.69. The van der Waals surface area contributed by atoms with Crippen molar-refractivity contribution in [2.24, 2.45) is 0 Å². The van der Waals surface area contributed by atoms with Crippen LogP contribution in [0, 0.1) is 0 Å². The lowest BCUT2D eigenvalue weighted by Crippen LogP contribution is -2.66. The monoisotopic (exact) mass is 436 g/mol. The van der Waals surface area contributed by atoms with Crippen LogP contribution in [0.1, 0.15) is 41.5 Å². The Kier molecular flexibility index (Phi) is 8.43. The van der Waals surface area contributed by atoms with Crippen LogP contribution in [0.25, 0.3) is 0 Å². The Morgan fingerprint density at radius 3 is 1.87 bits per heavy atom. The number of carbonyl (C=O) groups is 3. The van der Waals surface area contributed by atoms with E-state index in [2.05, 4.69) is 10.6 Å². The predicted octanol–water partition coefficient (Wildman–Crippen LogP) is -0.661. The number of rotatable bonds is 5. The fourth-order valence-corrected chi connectivity index (χ4v) is 2.64. The average Bonchev–Trinajstić information content (AvgIpc) is 2.54. The van der Waals surface area contributed by atoms with E-state index in [0.29, 0.717) is 0 Å². The van der Waals surface area contributed by atoms with Crippen LogP contribution in [0.2, 0.25) is 0 Å². The fourth-order valence-electron chi connectivity index (χ4n) is 2.64. The largest absolute Gasteiger partial charge is 0.480 e. The number of ether oxygens (including phenoxy) is 3. The van der Waals surface area contributed by atoms with Crippen molar-refractivity contribution in [1.82, 2.24) is 10.6 Å². The van der Waals surface area contributed by atoms with Crippen molar-refractivity contribution in [2.75, 3.05) is 6.54 Å². The molecule has 1 heterocycles. The SMILES string of the molecule is CC(C)(C)OC(=O)NCC1O[C@@H]([C@@H](NC(=O)OC(C)(C)C)C(=O)O)[C@@H](O)[C@@H](O)[C@H]1O. The molecule has 1 aliphatic rings. The first-order valence-corrected chi connectivity index (χ1v) is 9.40. The summed E-state index contributed by atoms with van der Waals surface area (Å²) in [6.45, 7) is 9.32. The number of carbonyl (C=O) groups excluding carboxylic acids is 2. The van der Waals surface area contributed by atoms with Crippen molar-refractivity contribution in [1.29, 1.82) is 0 Å². The van der Waals surface area contributed by atoms with Crippen molar-refractivity contribution < 1.29 is 49.0 Å². The van der Waals surface area contributed by atoms with Gasteiger partial charge in [0, 0.05) is 6.54 Å². The number of hydrogen-bond acceptors (Lipinski definition) is 9. The summed E-state index contributed by atoms with van der Waals surface area (Å²) >= 11 is 0. The number of aliphatic carboxylic acids is 1. The van der Waals surface area contributed by atoms with Gasteiger partial charge in [-0.15, -0.1) is 0 Å². The number of nitrogens with one attached hydrogen (secondary N) is 2. The zero-order chi connectivity index (χ0) is 23.4. The summed E-state index contributed by atoms with van der Waals surface area (Å²) in [6.07, 6.45) is -10.1. The Labute approximate surface area is 174 Å². The maximum absolute atomic E-state index is 12.0. The van der Waals surface area contributed by atoms with E-state index in [0.717, 1.165) is 0 Å². The molecule has 12 heteroatoms. The van der Waals surface area contributed by atoms with Gasteiger partial charge in [0.25, 0.3) is 0 Å². The Morgan fingerprint density at radius 1 is 0.900 bits per heavy atom. The number of aliphatic hydroxyl groups is 3. The number of hydrogen-bond donors (Lipinski definition) is 6. The Balaban J connectivity index is 2.91. The van der Waals surface area contributed by atoms with E-state index in [4.69, 9.17) is 14.2 Å². The van der Waals surface area contributed by atoms with Crippen molar-refractivity contribution in [3.8, 4) is 0 Å². The van der Waals surface area contributed by atoms with Crippen LogP contribution in [0.15, 0.2) is 0 Å². The molecule has 174 valence electrons. The highest BCUT2D eigenvalue weighted by molar-refractivity contribution is 5.80. The average molecular weight is 436 g/mol. The first-order valence-electron chi connectivity index (χ1n) is 9.40. The molecule has 2 amide bonds. The molecule has 0 aromatic rings. The lowest BCUT2D eigenvalue weighted by molar-refractivity contribution is -0.228.